The highest BCUT2D eigenvalue weighted by molar-refractivity contribution is 14.0. The fourth-order valence-electron chi connectivity index (χ4n) is 3.52. The number of hydrogen-bond donors (Lipinski definition) is 3. The maximum Gasteiger partial charge on any atom is 0.223 e. The highest BCUT2D eigenvalue weighted by atomic mass is 127. The van der Waals surface area contributed by atoms with Gasteiger partial charge >= 0.3 is 0 Å². The number of likely N-dealkylation sites (N-methyl/N-ethyl adjacent to an activating group) is 1. The SMILES string of the molecule is CCCN(CC)CCN=C(NCC)NC1CCCC(C(=O)NC(C)C)C1.I. The molecule has 160 valence electrons. The van der Waals surface area contributed by atoms with Crippen LogP contribution in [0, 0.1) is 5.92 Å². The molecule has 0 bridgehead atoms. The first-order valence-corrected chi connectivity index (χ1v) is 10.6. The Bertz CT molecular complexity index is 431. The van der Waals surface area contributed by atoms with Crippen LogP contribution >= 0.6 is 24.0 Å². The molecular weight excluding hydrogens is 453 g/mol. The van der Waals surface area contributed by atoms with Crippen molar-refractivity contribution in [3.8, 4) is 0 Å². The maximum atomic E-state index is 12.3. The molecule has 0 heterocycles. The molecule has 3 N–H and O–H groups in total. The molecule has 27 heavy (non-hydrogen) atoms. The second-order valence-corrected chi connectivity index (χ2v) is 7.56. The summed E-state index contributed by atoms with van der Waals surface area (Å²) in [6.07, 6.45) is 5.25. The first kappa shape index (κ1) is 26.4. The van der Waals surface area contributed by atoms with Crippen molar-refractivity contribution in [1.82, 2.24) is 20.9 Å². The Kier molecular flexibility index (Phi) is 15.0. The summed E-state index contributed by atoms with van der Waals surface area (Å²) in [4.78, 5) is 19.5. The molecule has 0 radical (unpaired) electrons. The Morgan fingerprint density at radius 1 is 1.19 bits per heavy atom. The molecule has 0 spiro atoms. The third kappa shape index (κ3) is 11.1. The van der Waals surface area contributed by atoms with Gasteiger partial charge in [-0.25, -0.2) is 0 Å². The van der Waals surface area contributed by atoms with E-state index < -0.39 is 0 Å². The van der Waals surface area contributed by atoms with Gasteiger partial charge in [0.1, 0.15) is 0 Å². The van der Waals surface area contributed by atoms with Crippen LogP contribution in [0.15, 0.2) is 4.99 Å². The van der Waals surface area contributed by atoms with E-state index >= 15 is 0 Å². The summed E-state index contributed by atoms with van der Waals surface area (Å²) in [5.41, 5.74) is 0. The number of amides is 1. The number of aliphatic imine (C=N–C) groups is 1. The van der Waals surface area contributed by atoms with Gasteiger partial charge in [0.2, 0.25) is 5.91 Å². The van der Waals surface area contributed by atoms with Crippen LogP contribution in [0.3, 0.4) is 0 Å². The lowest BCUT2D eigenvalue weighted by Crippen LogP contribution is -2.47. The van der Waals surface area contributed by atoms with Crippen molar-refractivity contribution < 1.29 is 4.79 Å². The topological polar surface area (TPSA) is 68.8 Å². The van der Waals surface area contributed by atoms with Crippen LogP contribution in [-0.4, -0.2) is 61.6 Å². The average molecular weight is 495 g/mol. The van der Waals surface area contributed by atoms with E-state index in [-0.39, 0.29) is 41.8 Å². The quantitative estimate of drug-likeness (QED) is 0.248. The molecule has 2 unspecified atom stereocenters. The summed E-state index contributed by atoms with van der Waals surface area (Å²) in [5, 5.41) is 9.97. The number of hydrogen-bond acceptors (Lipinski definition) is 3. The van der Waals surface area contributed by atoms with E-state index in [1.807, 2.05) is 13.8 Å². The van der Waals surface area contributed by atoms with Crippen LogP contribution < -0.4 is 16.0 Å². The van der Waals surface area contributed by atoms with Crippen molar-refractivity contribution in [3.05, 3.63) is 0 Å². The normalized spacial score (nSPS) is 20.3. The number of nitrogens with one attached hydrogen (secondary N) is 3. The van der Waals surface area contributed by atoms with E-state index in [2.05, 4.69) is 41.6 Å². The Morgan fingerprint density at radius 3 is 2.52 bits per heavy atom. The minimum atomic E-state index is 0. The minimum Gasteiger partial charge on any atom is -0.357 e. The molecular formula is C20H42IN5O. The van der Waals surface area contributed by atoms with E-state index in [0.29, 0.717) is 6.04 Å². The summed E-state index contributed by atoms with van der Waals surface area (Å²) < 4.78 is 0. The third-order valence-electron chi connectivity index (χ3n) is 4.83. The van der Waals surface area contributed by atoms with Gasteiger partial charge in [-0.05, 0) is 59.5 Å². The van der Waals surface area contributed by atoms with E-state index in [0.717, 1.165) is 64.4 Å². The van der Waals surface area contributed by atoms with E-state index in [9.17, 15) is 4.79 Å². The fraction of sp³-hybridized carbons (Fsp3) is 0.900. The number of halogens is 1. The van der Waals surface area contributed by atoms with Crippen LogP contribution in [-0.2, 0) is 4.79 Å². The number of rotatable bonds is 10. The molecule has 0 saturated heterocycles. The highest BCUT2D eigenvalue weighted by Gasteiger charge is 2.27. The van der Waals surface area contributed by atoms with Gasteiger partial charge in [0.05, 0.1) is 6.54 Å². The summed E-state index contributed by atoms with van der Waals surface area (Å²) in [5.74, 6) is 1.20. The Balaban J connectivity index is 0.00000676. The van der Waals surface area contributed by atoms with Crippen molar-refractivity contribution in [2.75, 3.05) is 32.7 Å². The standard InChI is InChI=1S/C20H41N5O.HI/c1-6-13-25(8-3)14-12-22-20(21-7-2)24-18-11-9-10-17(15-18)19(26)23-16(4)5;/h16-18H,6-15H2,1-5H3,(H,23,26)(H2,21,22,24);1H. The molecule has 2 atom stereocenters. The zero-order valence-electron chi connectivity index (χ0n) is 18.0. The van der Waals surface area contributed by atoms with Crippen LogP contribution in [0.4, 0.5) is 0 Å². The zero-order chi connectivity index (χ0) is 19.4. The van der Waals surface area contributed by atoms with Crippen LogP contribution in [0.1, 0.15) is 66.7 Å². The first-order chi connectivity index (χ1) is 12.5. The molecule has 7 heteroatoms. The van der Waals surface area contributed by atoms with Crippen molar-refractivity contribution in [2.45, 2.75) is 78.8 Å². The lowest BCUT2D eigenvalue weighted by atomic mass is 9.85. The second-order valence-electron chi connectivity index (χ2n) is 7.56. The molecule has 1 fully saturated rings. The lowest BCUT2D eigenvalue weighted by molar-refractivity contribution is -0.126. The Labute approximate surface area is 183 Å². The smallest absolute Gasteiger partial charge is 0.223 e. The molecule has 0 aliphatic heterocycles. The van der Waals surface area contributed by atoms with Gasteiger partial charge in [-0.2, -0.15) is 0 Å². The van der Waals surface area contributed by atoms with E-state index in [1.54, 1.807) is 0 Å². The fourth-order valence-corrected chi connectivity index (χ4v) is 3.52. The van der Waals surface area contributed by atoms with Crippen molar-refractivity contribution >= 4 is 35.8 Å². The minimum absolute atomic E-state index is 0. The molecule has 1 aliphatic carbocycles. The van der Waals surface area contributed by atoms with Crippen LogP contribution in [0.2, 0.25) is 0 Å². The summed E-state index contributed by atoms with van der Waals surface area (Å²) in [6.45, 7) is 15.4. The molecule has 0 aromatic carbocycles. The maximum absolute atomic E-state index is 12.3. The largest absolute Gasteiger partial charge is 0.357 e. The first-order valence-electron chi connectivity index (χ1n) is 10.6. The predicted octanol–water partition coefficient (Wildman–Crippen LogP) is 2.97. The predicted molar refractivity (Wildman–Crippen MR) is 126 cm³/mol. The Morgan fingerprint density at radius 2 is 1.93 bits per heavy atom. The lowest BCUT2D eigenvalue weighted by Gasteiger charge is -2.30. The average Bonchev–Trinajstić information content (AvgIpc) is 2.60. The number of guanidine groups is 1. The number of carbonyl (C=O) groups is 1. The molecule has 0 aromatic rings. The van der Waals surface area contributed by atoms with E-state index in [1.165, 1.54) is 6.42 Å². The van der Waals surface area contributed by atoms with Gasteiger partial charge in [-0.1, -0.05) is 20.3 Å². The van der Waals surface area contributed by atoms with Crippen LogP contribution in [0.25, 0.3) is 0 Å². The molecule has 1 aliphatic rings. The summed E-state index contributed by atoms with van der Waals surface area (Å²) in [7, 11) is 0. The number of carbonyl (C=O) groups excluding carboxylic acids is 1. The second kappa shape index (κ2) is 15.4. The van der Waals surface area contributed by atoms with Crippen LogP contribution in [0.5, 0.6) is 0 Å². The third-order valence-corrected chi connectivity index (χ3v) is 4.83. The van der Waals surface area contributed by atoms with Gasteiger partial charge in [-0.15, -0.1) is 24.0 Å². The van der Waals surface area contributed by atoms with Crippen molar-refractivity contribution in [1.29, 1.82) is 0 Å². The van der Waals surface area contributed by atoms with Crippen molar-refractivity contribution in [2.24, 2.45) is 10.9 Å². The van der Waals surface area contributed by atoms with Gasteiger partial charge in [0, 0.05) is 31.1 Å². The molecule has 6 nitrogen and oxygen atoms in total. The zero-order valence-corrected chi connectivity index (χ0v) is 20.3. The van der Waals surface area contributed by atoms with E-state index in [4.69, 9.17) is 4.99 Å². The molecule has 1 saturated carbocycles. The van der Waals surface area contributed by atoms with Gasteiger partial charge in [0.15, 0.2) is 5.96 Å². The Hall–Kier alpha value is -0.570. The molecule has 1 amide bonds. The monoisotopic (exact) mass is 495 g/mol. The summed E-state index contributed by atoms with van der Waals surface area (Å²) >= 11 is 0. The molecule has 1 rings (SSSR count). The number of nitrogens with zero attached hydrogens (tertiary/aromatic N) is 2. The van der Waals surface area contributed by atoms with Gasteiger partial charge in [0.25, 0.3) is 0 Å². The van der Waals surface area contributed by atoms with Crippen molar-refractivity contribution in [3.63, 3.8) is 0 Å². The highest BCUT2D eigenvalue weighted by Crippen LogP contribution is 2.24. The van der Waals surface area contributed by atoms with Gasteiger partial charge < -0.3 is 20.9 Å². The molecule has 0 aromatic heterocycles. The van der Waals surface area contributed by atoms with Gasteiger partial charge in [-0.3, -0.25) is 9.79 Å². The summed E-state index contributed by atoms with van der Waals surface area (Å²) in [6, 6.07) is 0.529.